The van der Waals surface area contributed by atoms with Crippen molar-refractivity contribution in [2.75, 3.05) is 0 Å². The molecular formula is C9H6Br2N2. The Bertz CT molecular complexity index is 389. The summed E-state index contributed by atoms with van der Waals surface area (Å²) in [5, 5.41) is 0. The summed E-state index contributed by atoms with van der Waals surface area (Å²) in [6.45, 7) is 0. The monoisotopic (exact) mass is 300 g/mol. The average molecular weight is 302 g/mol. The molecule has 2 aromatic rings. The zero-order chi connectivity index (χ0) is 9.26. The van der Waals surface area contributed by atoms with Crippen LogP contribution in [0.2, 0.25) is 0 Å². The maximum Gasteiger partial charge on any atom is 0.0767 e. The summed E-state index contributed by atoms with van der Waals surface area (Å²) in [6.07, 6.45) is 7.54. The van der Waals surface area contributed by atoms with Gasteiger partial charge in [0, 0.05) is 24.8 Å². The Morgan fingerprint density at radius 1 is 1.00 bits per heavy atom. The number of pyridine rings is 1. The van der Waals surface area contributed by atoms with Crippen LogP contribution >= 0.6 is 31.9 Å². The lowest BCUT2D eigenvalue weighted by atomic mass is 10.4. The van der Waals surface area contributed by atoms with E-state index < -0.39 is 0 Å². The van der Waals surface area contributed by atoms with Crippen molar-refractivity contribution in [2.24, 2.45) is 0 Å². The minimum absolute atomic E-state index is 0.970. The Morgan fingerprint density at radius 3 is 2.08 bits per heavy atom. The number of hydrogen-bond acceptors (Lipinski definition) is 1. The fourth-order valence-corrected chi connectivity index (χ4v) is 2.47. The SMILES string of the molecule is Brc1cncc(Br)c1-n1cccc1. The molecule has 0 bridgehead atoms. The van der Waals surface area contributed by atoms with Crippen LogP contribution in [0.4, 0.5) is 0 Å². The molecule has 0 saturated carbocycles. The molecule has 2 rings (SSSR count). The predicted octanol–water partition coefficient (Wildman–Crippen LogP) is 3.40. The van der Waals surface area contributed by atoms with Crippen LogP contribution in [0.25, 0.3) is 5.69 Å². The average Bonchev–Trinajstić information content (AvgIpc) is 2.57. The van der Waals surface area contributed by atoms with E-state index in [1.165, 1.54) is 0 Å². The number of aromatic nitrogens is 2. The van der Waals surface area contributed by atoms with Gasteiger partial charge in [0.05, 0.1) is 14.6 Å². The van der Waals surface area contributed by atoms with Crippen LogP contribution in [0.5, 0.6) is 0 Å². The molecule has 0 fully saturated rings. The van der Waals surface area contributed by atoms with Crippen molar-refractivity contribution in [3.63, 3.8) is 0 Å². The molecule has 2 nitrogen and oxygen atoms in total. The van der Waals surface area contributed by atoms with E-state index in [-0.39, 0.29) is 0 Å². The highest BCUT2D eigenvalue weighted by Crippen LogP contribution is 2.27. The molecular weight excluding hydrogens is 296 g/mol. The van der Waals surface area contributed by atoms with Gasteiger partial charge >= 0.3 is 0 Å². The van der Waals surface area contributed by atoms with E-state index >= 15 is 0 Å². The first-order valence-electron chi connectivity index (χ1n) is 3.71. The first kappa shape index (κ1) is 8.97. The van der Waals surface area contributed by atoms with E-state index in [1.54, 1.807) is 12.4 Å². The molecule has 0 spiro atoms. The van der Waals surface area contributed by atoms with Crippen LogP contribution in [-0.4, -0.2) is 9.55 Å². The highest BCUT2D eigenvalue weighted by molar-refractivity contribution is 9.11. The zero-order valence-electron chi connectivity index (χ0n) is 6.61. The third-order valence-electron chi connectivity index (χ3n) is 1.69. The third-order valence-corrected chi connectivity index (χ3v) is 2.85. The van der Waals surface area contributed by atoms with Crippen LogP contribution < -0.4 is 0 Å². The molecule has 2 aromatic heterocycles. The third kappa shape index (κ3) is 1.69. The standard InChI is InChI=1S/C9H6Br2N2/c10-7-5-12-6-8(11)9(7)13-3-1-2-4-13/h1-6H. The summed E-state index contributed by atoms with van der Waals surface area (Å²) in [5.41, 5.74) is 1.07. The summed E-state index contributed by atoms with van der Waals surface area (Å²) in [7, 11) is 0. The van der Waals surface area contributed by atoms with Crippen molar-refractivity contribution in [3.8, 4) is 5.69 Å². The smallest absolute Gasteiger partial charge is 0.0767 e. The Labute approximate surface area is 92.9 Å². The van der Waals surface area contributed by atoms with Gasteiger partial charge in [-0.15, -0.1) is 0 Å². The summed E-state index contributed by atoms with van der Waals surface area (Å²) in [4.78, 5) is 4.05. The second kappa shape index (κ2) is 3.64. The number of nitrogens with zero attached hydrogens (tertiary/aromatic N) is 2. The van der Waals surface area contributed by atoms with Gasteiger partial charge in [0.25, 0.3) is 0 Å². The maximum absolute atomic E-state index is 4.05. The Hall–Kier alpha value is -0.610. The molecule has 0 radical (unpaired) electrons. The minimum Gasteiger partial charge on any atom is -0.322 e. The Kier molecular flexibility index (Phi) is 2.51. The number of rotatable bonds is 1. The molecule has 0 aliphatic heterocycles. The lowest BCUT2D eigenvalue weighted by Crippen LogP contribution is -1.93. The van der Waals surface area contributed by atoms with Crippen molar-refractivity contribution in [3.05, 3.63) is 45.9 Å². The van der Waals surface area contributed by atoms with Crippen LogP contribution in [-0.2, 0) is 0 Å². The van der Waals surface area contributed by atoms with Gasteiger partial charge in [0.1, 0.15) is 0 Å². The van der Waals surface area contributed by atoms with Gasteiger partial charge in [-0.05, 0) is 44.0 Å². The van der Waals surface area contributed by atoms with Gasteiger partial charge in [-0.2, -0.15) is 0 Å². The quantitative estimate of drug-likeness (QED) is 0.789. The maximum atomic E-state index is 4.05. The van der Waals surface area contributed by atoms with Gasteiger partial charge < -0.3 is 4.57 Å². The van der Waals surface area contributed by atoms with Gasteiger partial charge in [-0.25, -0.2) is 0 Å². The molecule has 0 unspecified atom stereocenters. The van der Waals surface area contributed by atoms with Crippen molar-refractivity contribution >= 4 is 31.9 Å². The summed E-state index contributed by atoms with van der Waals surface area (Å²) >= 11 is 6.91. The Morgan fingerprint density at radius 2 is 1.54 bits per heavy atom. The molecule has 2 heterocycles. The first-order chi connectivity index (χ1) is 6.29. The summed E-state index contributed by atoms with van der Waals surface area (Å²) < 4.78 is 3.96. The summed E-state index contributed by atoms with van der Waals surface area (Å²) in [5.74, 6) is 0. The van der Waals surface area contributed by atoms with E-state index in [9.17, 15) is 0 Å². The second-order valence-electron chi connectivity index (χ2n) is 2.54. The zero-order valence-corrected chi connectivity index (χ0v) is 9.79. The van der Waals surface area contributed by atoms with Crippen molar-refractivity contribution in [1.29, 1.82) is 0 Å². The lowest BCUT2D eigenvalue weighted by Gasteiger charge is -2.07. The molecule has 0 aliphatic carbocycles. The summed E-state index contributed by atoms with van der Waals surface area (Å²) in [6, 6.07) is 3.97. The highest BCUT2D eigenvalue weighted by atomic mass is 79.9. The minimum atomic E-state index is 0.970. The molecule has 0 saturated heterocycles. The number of hydrogen-bond donors (Lipinski definition) is 0. The molecule has 13 heavy (non-hydrogen) atoms. The Balaban J connectivity index is 2.64. The lowest BCUT2D eigenvalue weighted by molar-refractivity contribution is 1.05. The van der Waals surface area contributed by atoms with Crippen LogP contribution in [0.3, 0.4) is 0 Å². The fraction of sp³-hybridized carbons (Fsp3) is 0. The van der Waals surface area contributed by atoms with Crippen LogP contribution in [0, 0.1) is 0 Å². The van der Waals surface area contributed by atoms with Crippen molar-refractivity contribution in [1.82, 2.24) is 9.55 Å². The molecule has 0 aromatic carbocycles. The number of halogens is 2. The largest absolute Gasteiger partial charge is 0.322 e. The van der Waals surface area contributed by atoms with Gasteiger partial charge in [0.2, 0.25) is 0 Å². The normalized spacial score (nSPS) is 10.3. The molecule has 66 valence electrons. The molecule has 0 atom stereocenters. The van der Waals surface area contributed by atoms with Crippen LogP contribution in [0.1, 0.15) is 0 Å². The van der Waals surface area contributed by atoms with Crippen molar-refractivity contribution in [2.45, 2.75) is 0 Å². The molecule has 4 heteroatoms. The molecule has 0 amide bonds. The van der Waals surface area contributed by atoms with Gasteiger partial charge in [-0.3, -0.25) is 4.98 Å². The first-order valence-corrected chi connectivity index (χ1v) is 5.30. The van der Waals surface area contributed by atoms with E-state index in [1.807, 2.05) is 29.1 Å². The van der Waals surface area contributed by atoms with E-state index in [0.717, 1.165) is 14.6 Å². The second-order valence-corrected chi connectivity index (χ2v) is 4.25. The van der Waals surface area contributed by atoms with E-state index in [4.69, 9.17) is 0 Å². The topological polar surface area (TPSA) is 17.8 Å². The highest BCUT2D eigenvalue weighted by Gasteiger charge is 2.05. The van der Waals surface area contributed by atoms with Crippen molar-refractivity contribution < 1.29 is 0 Å². The van der Waals surface area contributed by atoms with Crippen LogP contribution in [0.15, 0.2) is 45.9 Å². The van der Waals surface area contributed by atoms with Gasteiger partial charge in [-0.1, -0.05) is 0 Å². The predicted molar refractivity (Wildman–Crippen MR) is 59.0 cm³/mol. The fourth-order valence-electron chi connectivity index (χ4n) is 1.13. The van der Waals surface area contributed by atoms with E-state index in [0.29, 0.717) is 0 Å². The van der Waals surface area contributed by atoms with E-state index in [2.05, 4.69) is 36.8 Å². The van der Waals surface area contributed by atoms with Gasteiger partial charge in [0.15, 0.2) is 0 Å². The molecule has 0 N–H and O–H groups in total. The molecule has 0 aliphatic rings.